The summed E-state index contributed by atoms with van der Waals surface area (Å²) in [5.41, 5.74) is 0. The van der Waals surface area contributed by atoms with Crippen LogP contribution in [0, 0.1) is 5.92 Å². The van der Waals surface area contributed by atoms with E-state index in [9.17, 15) is 4.79 Å². The zero-order valence-electron chi connectivity index (χ0n) is 11.1. The summed E-state index contributed by atoms with van der Waals surface area (Å²) in [6.45, 7) is 6.14. The Kier molecular flexibility index (Phi) is 4.70. The summed E-state index contributed by atoms with van der Waals surface area (Å²) in [5.74, 6) is 1.06. The summed E-state index contributed by atoms with van der Waals surface area (Å²) in [7, 11) is 0. The molecule has 1 unspecified atom stereocenters. The first kappa shape index (κ1) is 13.5. The average molecular weight is 263 g/mol. The van der Waals surface area contributed by atoms with Crippen molar-refractivity contribution in [2.45, 2.75) is 36.8 Å². The van der Waals surface area contributed by atoms with Crippen LogP contribution in [0.25, 0.3) is 0 Å². The third-order valence-electron chi connectivity index (χ3n) is 3.50. The Morgan fingerprint density at radius 3 is 2.50 bits per heavy atom. The van der Waals surface area contributed by atoms with Crippen LogP contribution in [0.15, 0.2) is 35.2 Å². The van der Waals surface area contributed by atoms with E-state index in [0.717, 1.165) is 31.8 Å². The molecule has 0 N–H and O–H groups in total. The van der Waals surface area contributed by atoms with Crippen LogP contribution in [0.4, 0.5) is 0 Å². The van der Waals surface area contributed by atoms with Gasteiger partial charge in [-0.25, -0.2) is 0 Å². The van der Waals surface area contributed by atoms with Crippen molar-refractivity contribution in [3.05, 3.63) is 30.3 Å². The van der Waals surface area contributed by atoms with Crippen LogP contribution in [-0.2, 0) is 4.79 Å². The predicted octanol–water partition coefficient (Wildman–Crippen LogP) is 3.43. The molecule has 0 aliphatic carbocycles. The van der Waals surface area contributed by atoms with Crippen molar-refractivity contribution in [1.82, 2.24) is 4.90 Å². The fraction of sp³-hybridized carbons (Fsp3) is 0.533. The first-order chi connectivity index (χ1) is 8.66. The highest BCUT2D eigenvalue weighted by atomic mass is 32.2. The van der Waals surface area contributed by atoms with Gasteiger partial charge < -0.3 is 4.90 Å². The molecule has 1 saturated heterocycles. The first-order valence-electron chi connectivity index (χ1n) is 6.67. The third-order valence-corrected chi connectivity index (χ3v) is 4.60. The zero-order valence-corrected chi connectivity index (χ0v) is 12.0. The van der Waals surface area contributed by atoms with Gasteiger partial charge in [-0.2, -0.15) is 0 Å². The van der Waals surface area contributed by atoms with E-state index >= 15 is 0 Å². The highest BCUT2D eigenvalue weighted by molar-refractivity contribution is 8.00. The Morgan fingerprint density at radius 2 is 1.89 bits per heavy atom. The number of benzene rings is 1. The fourth-order valence-corrected chi connectivity index (χ4v) is 3.21. The van der Waals surface area contributed by atoms with Crippen molar-refractivity contribution in [3.63, 3.8) is 0 Å². The minimum Gasteiger partial charge on any atom is -0.342 e. The molecule has 0 bridgehead atoms. The molecule has 0 saturated carbocycles. The van der Waals surface area contributed by atoms with Gasteiger partial charge in [-0.3, -0.25) is 4.79 Å². The molecule has 2 rings (SSSR count). The standard InChI is InChI=1S/C15H21NOS/c1-12-8-10-16(11-9-12)15(17)13(2)18-14-6-4-3-5-7-14/h3-7,12-13H,8-11H2,1-2H3. The van der Waals surface area contributed by atoms with Crippen molar-refractivity contribution in [2.24, 2.45) is 5.92 Å². The molecule has 1 aromatic carbocycles. The monoisotopic (exact) mass is 263 g/mol. The molecule has 2 nitrogen and oxygen atoms in total. The molecule has 1 aliphatic rings. The van der Waals surface area contributed by atoms with Crippen LogP contribution in [0.1, 0.15) is 26.7 Å². The molecular weight excluding hydrogens is 242 g/mol. The van der Waals surface area contributed by atoms with Crippen LogP contribution in [-0.4, -0.2) is 29.1 Å². The smallest absolute Gasteiger partial charge is 0.235 e. The predicted molar refractivity (Wildman–Crippen MR) is 76.7 cm³/mol. The lowest BCUT2D eigenvalue weighted by Crippen LogP contribution is -2.41. The molecule has 18 heavy (non-hydrogen) atoms. The molecule has 98 valence electrons. The van der Waals surface area contributed by atoms with Gasteiger partial charge in [-0.15, -0.1) is 11.8 Å². The second kappa shape index (κ2) is 6.28. The van der Waals surface area contributed by atoms with Crippen LogP contribution in [0.3, 0.4) is 0 Å². The molecule has 1 fully saturated rings. The molecule has 1 atom stereocenters. The molecule has 0 radical (unpaired) electrons. The maximum atomic E-state index is 12.3. The first-order valence-corrected chi connectivity index (χ1v) is 7.55. The Bertz CT molecular complexity index is 385. The van der Waals surface area contributed by atoms with E-state index in [1.807, 2.05) is 30.0 Å². The van der Waals surface area contributed by atoms with Gasteiger partial charge in [0.1, 0.15) is 0 Å². The van der Waals surface area contributed by atoms with E-state index in [2.05, 4.69) is 19.1 Å². The SMILES string of the molecule is CC1CCN(C(=O)C(C)Sc2ccccc2)CC1. The molecule has 0 aromatic heterocycles. The number of amides is 1. The lowest BCUT2D eigenvalue weighted by atomic mass is 9.99. The number of rotatable bonds is 3. The topological polar surface area (TPSA) is 20.3 Å². The number of likely N-dealkylation sites (tertiary alicyclic amines) is 1. The van der Waals surface area contributed by atoms with Crippen LogP contribution in [0.5, 0.6) is 0 Å². The van der Waals surface area contributed by atoms with Crippen molar-refractivity contribution < 1.29 is 4.79 Å². The Balaban J connectivity index is 1.89. The van der Waals surface area contributed by atoms with Crippen LogP contribution >= 0.6 is 11.8 Å². The van der Waals surface area contributed by atoms with Gasteiger partial charge in [0.2, 0.25) is 5.91 Å². The molecule has 1 heterocycles. The lowest BCUT2D eigenvalue weighted by molar-refractivity contribution is -0.131. The summed E-state index contributed by atoms with van der Waals surface area (Å²) >= 11 is 1.65. The largest absolute Gasteiger partial charge is 0.342 e. The number of nitrogens with zero attached hydrogens (tertiary/aromatic N) is 1. The van der Waals surface area contributed by atoms with Crippen molar-refractivity contribution >= 4 is 17.7 Å². The van der Waals surface area contributed by atoms with Crippen LogP contribution in [0.2, 0.25) is 0 Å². The van der Waals surface area contributed by atoms with E-state index in [4.69, 9.17) is 0 Å². The maximum Gasteiger partial charge on any atom is 0.235 e. The Labute approximate surface area is 114 Å². The van der Waals surface area contributed by atoms with Gasteiger partial charge >= 0.3 is 0 Å². The molecule has 1 aliphatic heterocycles. The van der Waals surface area contributed by atoms with E-state index in [1.54, 1.807) is 11.8 Å². The second-order valence-electron chi connectivity index (χ2n) is 5.08. The minimum absolute atomic E-state index is 0.0146. The number of hydrogen-bond acceptors (Lipinski definition) is 2. The van der Waals surface area contributed by atoms with E-state index < -0.39 is 0 Å². The highest BCUT2D eigenvalue weighted by Crippen LogP contribution is 2.25. The number of piperidine rings is 1. The second-order valence-corrected chi connectivity index (χ2v) is 6.50. The molecular formula is C15H21NOS. The van der Waals surface area contributed by atoms with Gasteiger partial charge in [0.05, 0.1) is 5.25 Å². The summed E-state index contributed by atoms with van der Waals surface area (Å²) < 4.78 is 0. The Hall–Kier alpha value is -0.960. The minimum atomic E-state index is 0.0146. The Morgan fingerprint density at radius 1 is 1.28 bits per heavy atom. The molecule has 1 aromatic rings. The number of carbonyl (C=O) groups is 1. The number of thioether (sulfide) groups is 1. The van der Waals surface area contributed by atoms with Crippen molar-refractivity contribution in [1.29, 1.82) is 0 Å². The van der Waals surface area contributed by atoms with Gasteiger partial charge in [0.25, 0.3) is 0 Å². The van der Waals surface area contributed by atoms with Crippen LogP contribution < -0.4 is 0 Å². The van der Waals surface area contributed by atoms with Crippen molar-refractivity contribution in [3.8, 4) is 0 Å². The highest BCUT2D eigenvalue weighted by Gasteiger charge is 2.24. The van der Waals surface area contributed by atoms with Gasteiger partial charge in [-0.1, -0.05) is 25.1 Å². The summed E-state index contributed by atoms with van der Waals surface area (Å²) in [6.07, 6.45) is 2.29. The third kappa shape index (κ3) is 3.52. The molecule has 0 spiro atoms. The maximum absolute atomic E-state index is 12.3. The van der Waals surface area contributed by atoms with Gasteiger partial charge in [0.15, 0.2) is 0 Å². The van der Waals surface area contributed by atoms with Gasteiger partial charge in [0, 0.05) is 18.0 Å². The summed E-state index contributed by atoms with van der Waals surface area (Å²) in [4.78, 5) is 15.5. The number of hydrogen-bond donors (Lipinski definition) is 0. The molecule has 1 amide bonds. The average Bonchev–Trinajstić information content (AvgIpc) is 2.40. The number of carbonyl (C=O) groups excluding carboxylic acids is 1. The quantitative estimate of drug-likeness (QED) is 0.779. The zero-order chi connectivity index (χ0) is 13.0. The lowest BCUT2D eigenvalue weighted by Gasteiger charge is -2.32. The molecule has 3 heteroatoms. The fourth-order valence-electron chi connectivity index (χ4n) is 2.24. The van der Waals surface area contributed by atoms with Crippen molar-refractivity contribution in [2.75, 3.05) is 13.1 Å². The van der Waals surface area contributed by atoms with E-state index in [1.165, 1.54) is 4.90 Å². The van der Waals surface area contributed by atoms with E-state index in [0.29, 0.717) is 0 Å². The summed E-state index contributed by atoms with van der Waals surface area (Å²) in [5, 5.41) is 0.0146. The van der Waals surface area contributed by atoms with E-state index in [-0.39, 0.29) is 11.2 Å². The van der Waals surface area contributed by atoms with Gasteiger partial charge in [-0.05, 0) is 37.8 Å². The summed E-state index contributed by atoms with van der Waals surface area (Å²) in [6, 6.07) is 10.2. The normalized spacial score (nSPS) is 18.7.